The molecule has 0 radical (unpaired) electrons. The highest BCUT2D eigenvalue weighted by Gasteiger charge is 2.60. The smallest absolute Gasteiger partial charge is 0.499 e. The third kappa shape index (κ3) is 1.51. The molecule has 1 fully saturated rings. The van der Waals surface area contributed by atoms with Gasteiger partial charge in [-0.15, -0.1) is 0 Å². The Labute approximate surface area is 112 Å². The fourth-order valence-electron chi connectivity index (χ4n) is 3.85. The van der Waals surface area contributed by atoms with Crippen LogP contribution in [0.15, 0.2) is 24.3 Å². The van der Waals surface area contributed by atoms with Crippen LogP contribution in [0.1, 0.15) is 18.4 Å². The Morgan fingerprint density at radius 3 is 2.84 bits per heavy atom. The second kappa shape index (κ2) is 4.06. The molecule has 1 spiro atoms. The zero-order chi connectivity index (χ0) is 13.7. The third-order valence-corrected chi connectivity index (χ3v) is 4.80. The maximum absolute atomic E-state index is 12.0. The molecule has 6 heteroatoms. The van der Waals surface area contributed by atoms with E-state index in [4.69, 9.17) is 4.74 Å². The highest BCUT2D eigenvalue weighted by molar-refractivity contribution is 6.73. The fraction of sp³-hybridized carbons (Fsp3) is 0.462. The Kier molecular flexibility index (Phi) is 2.71. The molecule has 0 aliphatic carbocycles. The van der Waals surface area contributed by atoms with E-state index in [2.05, 4.69) is 0 Å². The monoisotopic (exact) mass is 263 g/mol. The van der Waals surface area contributed by atoms with Gasteiger partial charge in [-0.05, 0) is 12.0 Å². The Morgan fingerprint density at radius 1 is 1.42 bits per heavy atom. The maximum atomic E-state index is 12.0. The molecule has 1 aromatic carbocycles. The summed E-state index contributed by atoms with van der Waals surface area (Å²) in [6.07, 6.45) is 1.45. The molecule has 1 saturated heterocycles. The van der Waals surface area contributed by atoms with Gasteiger partial charge < -0.3 is 19.2 Å². The van der Waals surface area contributed by atoms with Crippen molar-refractivity contribution in [3.63, 3.8) is 0 Å². The molecule has 0 aromatic heterocycles. The largest absolute Gasteiger partial charge is 0.524 e. The zero-order valence-corrected chi connectivity index (χ0v) is 11.0. The molecule has 1 unspecified atom stereocenters. The third-order valence-electron chi connectivity index (χ3n) is 4.80. The van der Waals surface area contributed by atoms with Crippen molar-refractivity contribution in [1.29, 1.82) is 0 Å². The summed E-state index contributed by atoms with van der Waals surface area (Å²) in [5.74, 6) is -0.348. The lowest BCUT2D eigenvalue weighted by molar-refractivity contribution is -0.861. The number of ether oxygens (including phenoxy) is 1. The van der Waals surface area contributed by atoms with Gasteiger partial charge in [0.05, 0.1) is 13.7 Å². The van der Waals surface area contributed by atoms with E-state index in [9.17, 15) is 14.8 Å². The van der Waals surface area contributed by atoms with Gasteiger partial charge in [0.15, 0.2) is 6.04 Å². The minimum absolute atomic E-state index is 0.0199. The number of rotatable bonds is 1. The number of benzene rings is 1. The van der Waals surface area contributed by atoms with Crippen LogP contribution in [0.2, 0.25) is 0 Å². The average Bonchev–Trinajstić information content (AvgIpc) is 2.92. The molecule has 0 saturated carbocycles. The fourth-order valence-corrected chi connectivity index (χ4v) is 3.85. The van der Waals surface area contributed by atoms with Crippen LogP contribution in [0.3, 0.4) is 0 Å². The lowest BCUT2D eigenvalue weighted by atomic mass is 9.62. The highest BCUT2D eigenvalue weighted by Crippen LogP contribution is 2.39. The van der Waals surface area contributed by atoms with Crippen LogP contribution in [0.4, 0.5) is 0 Å². The van der Waals surface area contributed by atoms with Crippen LogP contribution in [0.25, 0.3) is 0 Å². The topological polar surface area (TPSA) is 66.8 Å². The second-order valence-electron chi connectivity index (χ2n) is 5.60. The summed E-state index contributed by atoms with van der Waals surface area (Å²) in [5, 5.41) is 21.4. The number of fused-ring (bicyclic) bond motifs is 1. The van der Waals surface area contributed by atoms with E-state index in [1.54, 1.807) is 12.1 Å². The lowest BCUT2D eigenvalue weighted by Crippen LogP contribution is -2.73. The number of hydrogen-bond acceptors (Lipinski definition) is 4. The number of quaternary nitrogens is 1. The summed E-state index contributed by atoms with van der Waals surface area (Å²) in [6, 6.07) is 6.85. The zero-order valence-electron chi connectivity index (χ0n) is 11.0. The van der Waals surface area contributed by atoms with Crippen LogP contribution in [0, 0.1) is 0 Å². The predicted molar refractivity (Wildman–Crippen MR) is 70.1 cm³/mol. The molecule has 2 aliphatic heterocycles. The first-order valence-electron chi connectivity index (χ1n) is 6.65. The van der Waals surface area contributed by atoms with E-state index in [-0.39, 0.29) is 10.4 Å². The van der Waals surface area contributed by atoms with Crippen LogP contribution < -0.4 is 5.46 Å². The molecule has 0 bridgehead atoms. The molecule has 2 heterocycles. The summed E-state index contributed by atoms with van der Waals surface area (Å²) in [7, 11) is 1.35. The number of hydrogen-bond donors (Lipinski definition) is 2. The van der Waals surface area contributed by atoms with Crippen molar-refractivity contribution in [2.75, 3.05) is 13.7 Å². The second-order valence-corrected chi connectivity index (χ2v) is 5.60. The van der Waals surface area contributed by atoms with Crippen LogP contribution >= 0.6 is 0 Å². The van der Waals surface area contributed by atoms with Gasteiger partial charge in [-0.25, -0.2) is 4.79 Å². The Bertz CT molecular complexity index is 533. The van der Waals surface area contributed by atoms with Crippen molar-refractivity contribution in [3.05, 3.63) is 29.8 Å². The van der Waals surface area contributed by atoms with Gasteiger partial charge in [-0.3, -0.25) is 0 Å². The SMILES string of the molecule is COC(=O)C1CCC[N@+]12Cc1ccccc1[B-]2(O)O. The first-order valence-corrected chi connectivity index (χ1v) is 6.65. The molecule has 102 valence electrons. The summed E-state index contributed by atoms with van der Waals surface area (Å²) in [4.78, 5) is 12.0. The number of carbonyl (C=O) groups excluding carboxylic acids is 1. The standard InChI is InChI=1S/C13H18BNO4/c1-19-13(16)12-7-4-8-15(12)9-10-5-2-3-6-11(10)14(15,17)18/h2-3,5-6,12,17-18H,4,7-9H2,1H3/t12?,15-/m0/s1. The number of esters is 1. The van der Waals surface area contributed by atoms with Crippen LogP contribution in [-0.4, -0.2) is 46.8 Å². The molecule has 19 heavy (non-hydrogen) atoms. The molecule has 2 aliphatic rings. The summed E-state index contributed by atoms with van der Waals surface area (Å²) in [6.45, 7) is -1.67. The molecule has 2 N–H and O–H groups in total. The maximum Gasteiger partial charge on any atom is 0.499 e. The molecular formula is C13H18BNO4. The number of carbonyl (C=O) groups is 1. The van der Waals surface area contributed by atoms with Crippen molar-refractivity contribution in [1.82, 2.24) is 0 Å². The van der Waals surface area contributed by atoms with E-state index in [1.165, 1.54) is 7.11 Å². The van der Waals surface area contributed by atoms with Gasteiger partial charge in [0, 0.05) is 13.0 Å². The van der Waals surface area contributed by atoms with Crippen molar-refractivity contribution >= 4 is 18.1 Å². The normalized spacial score (nSPS) is 31.4. The number of nitrogens with zero attached hydrogens (tertiary/aromatic N) is 1. The molecule has 2 atom stereocenters. The lowest BCUT2D eigenvalue weighted by Gasteiger charge is -2.49. The predicted octanol–water partition coefficient (Wildman–Crippen LogP) is -0.517. The molecule has 0 amide bonds. The van der Waals surface area contributed by atoms with Gasteiger partial charge in [0.1, 0.15) is 0 Å². The molecule has 1 aromatic rings. The van der Waals surface area contributed by atoms with Crippen molar-refractivity contribution < 1.29 is 24.0 Å². The van der Waals surface area contributed by atoms with E-state index in [0.29, 0.717) is 25.0 Å². The van der Waals surface area contributed by atoms with Gasteiger partial charge in [0.2, 0.25) is 0 Å². The van der Waals surface area contributed by atoms with Crippen molar-refractivity contribution in [2.24, 2.45) is 0 Å². The van der Waals surface area contributed by atoms with Gasteiger partial charge in [-0.1, -0.05) is 29.7 Å². The van der Waals surface area contributed by atoms with Crippen molar-refractivity contribution in [2.45, 2.75) is 25.4 Å². The van der Waals surface area contributed by atoms with E-state index in [0.717, 1.165) is 12.0 Å². The summed E-state index contributed by atoms with van der Waals surface area (Å²) in [5.41, 5.74) is 1.49. The first kappa shape index (κ1) is 12.7. The highest BCUT2D eigenvalue weighted by atomic mass is 16.5. The Balaban J connectivity index is 2.09. The Morgan fingerprint density at radius 2 is 2.16 bits per heavy atom. The molecule has 3 rings (SSSR count). The first-order chi connectivity index (χ1) is 9.03. The van der Waals surface area contributed by atoms with Crippen molar-refractivity contribution in [3.8, 4) is 0 Å². The molecule has 5 nitrogen and oxygen atoms in total. The van der Waals surface area contributed by atoms with E-state index >= 15 is 0 Å². The van der Waals surface area contributed by atoms with Gasteiger partial charge in [-0.2, -0.15) is 0 Å². The van der Waals surface area contributed by atoms with E-state index < -0.39 is 12.7 Å². The average molecular weight is 263 g/mol. The summed E-state index contributed by atoms with van der Waals surface area (Å²) >= 11 is 0. The van der Waals surface area contributed by atoms with E-state index in [1.807, 2.05) is 12.1 Å². The van der Waals surface area contributed by atoms with Crippen LogP contribution in [-0.2, 0) is 16.1 Å². The minimum atomic E-state index is -2.76. The quantitative estimate of drug-likeness (QED) is 0.528. The summed E-state index contributed by atoms with van der Waals surface area (Å²) < 4.78 is 4.87. The number of methoxy groups -OCH3 is 1. The van der Waals surface area contributed by atoms with Gasteiger partial charge in [0.25, 0.3) is 0 Å². The van der Waals surface area contributed by atoms with Crippen LogP contribution in [0.5, 0.6) is 0 Å². The Hall–Kier alpha value is -1.37. The molecular weight excluding hydrogens is 245 g/mol. The minimum Gasteiger partial charge on any atom is -0.524 e. The van der Waals surface area contributed by atoms with Gasteiger partial charge >= 0.3 is 12.7 Å².